The van der Waals surface area contributed by atoms with Crippen molar-refractivity contribution in [1.29, 1.82) is 0 Å². The molecule has 0 radical (unpaired) electrons. The predicted molar refractivity (Wildman–Crippen MR) is 82.4 cm³/mol. The molecule has 2 heterocycles. The molecule has 2 fully saturated rings. The molecule has 2 aliphatic heterocycles. The fourth-order valence-corrected chi connectivity index (χ4v) is 2.91. The second kappa shape index (κ2) is 8.30. The summed E-state index contributed by atoms with van der Waals surface area (Å²) in [6.07, 6.45) is -4.86. The molecule has 0 aromatic heterocycles. The van der Waals surface area contributed by atoms with E-state index in [-0.39, 0.29) is 6.61 Å². The van der Waals surface area contributed by atoms with Gasteiger partial charge in [-0.3, -0.25) is 19.1 Å². The molecule has 0 N–H and O–H groups in total. The van der Waals surface area contributed by atoms with E-state index >= 15 is 0 Å². The maximum absolute atomic E-state index is 11.6. The number of esters is 3. The Bertz CT molecular complexity index is 549. The van der Waals surface area contributed by atoms with Crippen LogP contribution in [-0.4, -0.2) is 67.8 Å². The van der Waals surface area contributed by atoms with Gasteiger partial charge in [0.1, 0.15) is 12.7 Å². The summed E-state index contributed by atoms with van der Waals surface area (Å²) in [6.45, 7) is 7.04. The van der Waals surface area contributed by atoms with E-state index in [9.17, 15) is 14.4 Å². The quantitative estimate of drug-likeness (QED) is 0.472. The first-order chi connectivity index (χ1) is 12.1. The van der Waals surface area contributed by atoms with Crippen LogP contribution in [0.15, 0.2) is 0 Å². The lowest BCUT2D eigenvalue weighted by atomic mass is 9.98. The van der Waals surface area contributed by atoms with Crippen LogP contribution in [0.2, 0.25) is 0 Å². The van der Waals surface area contributed by atoms with Gasteiger partial charge in [0.05, 0.1) is 0 Å². The maximum atomic E-state index is 11.6. The van der Waals surface area contributed by atoms with Crippen LogP contribution in [0.5, 0.6) is 0 Å². The molecule has 26 heavy (non-hydrogen) atoms. The smallest absolute Gasteiger partial charge is 0.303 e. The van der Waals surface area contributed by atoms with Crippen molar-refractivity contribution in [3.8, 4) is 0 Å². The zero-order valence-corrected chi connectivity index (χ0v) is 15.4. The van der Waals surface area contributed by atoms with Crippen molar-refractivity contribution in [2.75, 3.05) is 13.2 Å². The van der Waals surface area contributed by atoms with Crippen LogP contribution in [0.1, 0.15) is 34.6 Å². The fraction of sp³-hybridized carbons (Fsp3) is 0.812. The normalized spacial score (nSPS) is 36.1. The van der Waals surface area contributed by atoms with E-state index in [0.29, 0.717) is 6.61 Å². The number of ether oxygens (including phenoxy) is 7. The summed E-state index contributed by atoms with van der Waals surface area (Å²) in [5.41, 5.74) is 0. The first-order valence-electron chi connectivity index (χ1n) is 8.28. The van der Waals surface area contributed by atoms with Crippen LogP contribution in [0.25, 0.3) is 0 Å². The van der Waals surface area contributed by atoms with Crippen LogP contribution < -0.4 is 0 Å². The molecule has 0 bridgehead atoms. The van der Waals surface area contributed by atoms with Gasteiger partial charge in [0.25, 0.3) is 5.97 Å². The highest BCUT2D eigenvalue weighted by atomic mass is 16.9. The number of hydrogen-bond acceptors (Lipinski definition) is 10. The number of rotatable bonds is 6. The van der Waals surface area contributed by atoms with E-state index in [1.165, 1.54) is 20.8 Å². The minimum Gasteiger partial charge on any atom is -0.463 e. The highest BCUT2D eigenvalue weighted by Gasteiger charge is 2.59. The molecule has 0 aliphatic carbocycles. The van der Waals surface area contributed by atoms with Crippen molar-refractivity contribution in [2.24, 2.45) is 0 Å². The Morgan fingerprint density at radius 3 is 2.12 bits per heavy atom. The average Bonchev–Trinajstić information content (AvgIpc) is 2.83. The van der Waals surface area contributed by atoms with Gasteiger partial charge in [-0.2, -0.15) is 0 Å². The third-order valence-electron chi connectivity index (χ3n) is 3.73. The Hall–Kier alpha value is -1.75. The molecule has 2 unspecified atom stereocenters. The number of carbonyl (C=O) groups is 3. The standard InChI is InChI=1S/C16H24O10/c1-6-21-16(5)25-14-13(23-10(4)19)12(22-9(3)18)11(7-20-8(2)17)24-15(14)26-16/h11-15H,6-7H2,1-5H3/t11-,12-,13+,14-,15?,16?/m1/s1. The summed E-state index contributed by atoms with van der Waals surface area (Å²) in [4.78, 5) is 34.2. The Balaban J connectivity index is 2.29. The predicted octanol–water partition coefficient (Wildman–Crippen LogP) is 0.263. The second-order valence-corrected chi connectivity index (χ2v) is 5.99. The number of hydrogen-bond donors (Lipinski definition) is 0. The Morgan fingerprint density at radius 2 is 1.58 bits per heavy atom. The SMILES string of the molecule is CCOC1(C)OC2O[C@H](COC(C)=O)[C@@H](OC(C)=O)[C@H](OC(C)=O)[C@H]2O1. The van der Waals surface area contributed by atoms with Gasteiger partial charge in [-0.1, -0.05) is 0 Å². The third kappa shape index (κ3) is 4.91. The van der Waals surface area contributed by atoms with Crippen molar-refractivity contribution in [3.05, 3.63) is 0 Å². The molecule has 6 atom stereocenters. The van der Waals surface area contributed by atoms with E-state index < -0.39 is 54.6 Å². The lowest BCUT2D eigenvalue weighted by molar-refractivity contribution is -0.342. The molecule has 148 valence electrons. The molecule has 0 aromatic carbocycles. The minimum atomic E-state index is -1.42. The molecule has 0 spiro atoms. The molecule has 2 rings (SSSR count). The van der Waals surface area contributed by atoms with Gasteiger partial charge in [0.15, 0.2) is 24.6 Å². The van der Waals surface area contributed by atoms with E-state index in [0.717, 1.165) is 0 Å². The molecule has 0 saturated carbocycles. The lowest BCUT2D eigenvalue weighted by Gasteiger charge is -2.40. The number of carbonyl (C=O) groups excluding carboxylic acids is 3. The van der Waals surface area contributed by atoms with E-state index in [1.807, 2.05) is 0 Å². The summed E-state index contributed by atoms with van der Waals surface area (Å²) in [6, 6.07) is 0. The summed E-state index contributed by atoms with van der Waals surface area (Å²) in [5, 5.41) is 0. The summed E-state index contributed by atoms with van der Waals surface area (Å²) >= 11 is 0. The molecule has 10 nitrogen and oxygen atoms in total. The zero-order valence-electron chi connectivity index (χ0n) is 15.4. The Morgan fingerprint density at radius 1 is 0.962 bits per heavy atom. The Labute approximate surface area is 150 Å². The fourth-order valence-electron chi connectivity index (χ4n) is 2.91. The first kappa shape index (κ1) is 20.6. The highest BCUT2D eigenvalue weighted by Crippen LogP contribution is 2.39. The first-order valence-corrected chi connectivity index (χ1v) is 8.28. The van der Waals surface area contributed by atoms with Crippen molar-refractivity contribution in [2.45, 2.75) is 71.3 Å². The van der Waals surface area contributed by atoms with Gasteiger partial charge in [0, 0.05) is 34.3 Å². The van der Waals surface area contributed by atoms with Crippen molar-refractivity contribution < 1.29 is 47.5 Å². The van der Waals surface area contributed by atoms with Gasteiger partial charge in [-0.05, 0) is 6.92 Å². The lowest BCUT2D eigenvalue weighted by Crippen LogP contribution is -2.60. The monoisotopic (exact) mass is 376 g/mol. The summed E-state index contributed by atoms with van der Waals surface area (Å²) in [5.74, 6) is -3.18. The van der Waals surface area contributed by atoms with Gasteiger partial charge in [0.2, 0.25) is 0 Å². The van der Waals surface area contributed by atoms with Crippen molar-refractivity contribution in [3.63, 3.8) is 0 Å². The van der Waals surface area contributed by atoms with Gasteiger partial charge < -0.3 is 28.4 Å². The van der Waals surface area contributed by atoms with E-state index in [2.05, 4.69) is 0 Å². The van der Waals surface area contributed by atoms with Crippen LogP contribution in [0, 0.1) is 0 Å². The molecular weight excluding hydrogens is 352 g/mol. The van der Waals surface area contributed by atoms with Crippen LogP contribution in [-0.2, 0) is 47.5 Å². The maximum Gasteiger partial charge on any atom is 0.303 e. The average molecular weight is 376 g/mol. The van der Waals surface area contributed by atoms with Gasteiger partial charge in [-0.15, -0.1) is 0 Å². The van der Waals surface area contributed by atoms with Crippen LogP contribution >= 0.6 is 0 Å². The molecule has 0 amide bonds. The highest BCUT2D eigenvalue weighted by molar-refractivity contribution is 5.67. The van der Waals surface area contributed by atoms with Gasteiger partial charge in [-0.25, -0.2) is 0 Å². The van der Waals surface area contributed by atoms with E-state index in [1.54, 1.807) is 13.8 Å². The van der Waals surface area contributed by atoms with Crippen LogP contribution in [0.3, 0.4) is 0 Å². The minimum absolute atomic E-state index is 0.219. The molecule has 10 heteroatoms. The zero-order chi connectivity index (χ0) is 19.5. The molecular formula is C16H24O10. The largest absolute Gasteiger partial charge is 0.463 e. The summed E-state index contributed by atoms with van der Waals surface area (Å²) < 4.78 is 38.2. The Kier molecular flexibility index (Phi) is 6.56. The molecule has 2 saturated heterocycles. The topological polar surface area (TPSA) is 116 Å². The van der Waals surface area contributed by atoms with Crippen LogP contribution in [0.4, 0.5) is 0 Å². The summed E-state index contributed by atoms with van der Waals surface area (Å²) in [7, 11) is 0. The number of fused-ring (bicyclic) bond motifs is 1. The third-order valence-corrected chi connectivity index (χ3v) is 3.73. The second-order valence-electron chi connectivity index (χ2n) is 5.99. The molecule has 2 aliphatic rings. The van der Waals surface area contributed by atoms with Crippen molar-refractivity contribution >= 4 is 17.9 Å². The molecule has 0 aromatic rings. The van der Waals surface area contributed by atoms with Gasteiger partial charge >= 0.3 is 17.9 Å². The van der Waals surface area contributed by atoms with Crippen molar-refractivity contribution in [1.82, 2.24) is 0 Å². The van der Waals surface area contributed by atoms with E-state index in [4.69, 9.17) is 33.2 Å².